The summed E-state index contributed by atoms with van der Waals surface area (Å²) in [5.41, 5.74) is 0. The molecule has 0 aromatic carbocycles. The molecule has 1 rings (SSSR count). The summed E-state index contributed by atoms with van der Waals surface area (Å²) in [4.78, 5) is 0. The van der Waals surface area contributed by atoms with E-state index in [1.165, 1.54) is 6.26 Å². The van der Waals surface area contributed by atoms with Crippen LogP contribution in [0, 0.1) is 0 Å². The van der Waals surface area contributed by atoms with Crippen LogP contribution in [0.1, 0.15) is 19.3 Å². The van der Waals surface area contributed by atoms with E-state index in [-0.39, 0.29) is 0 Å². The summed E-state index contributed by atoms with van der Waals surface area (Å²) in [6, 6.07) is 0.298. The molecular weight excluding hydrogens is 188 g/mol. The molecule has 1 saturated carbocycles. The van der Waals surface area contributed by atoms with Crippen LogP contribution in [-0.4, -0.2) is 45.2 Å². The molecule has 0 radical (unpaired) electrons. The molecule has 0 amide bonds. The highest BCUT2D eigenvalue weighted by Gasteiger charge is 2.34. The molecule has 78 valence electrons. The normalized spacial score (nSPS) is 18.1. The third-order valence-corrected chi connectivity index (χ3v) is 3.52. The fourth-order valence-corrected chi connectivity index (χ4v) is 2.61. The molecule has 1 aliphatic carbocycles. The van der Waals surface area contributed by atoms with Gasteiger partial charge in [-0.05, 0) is 32.9 Å². The monoisotopic (exact) mass is 206 g/mol. The highest BCUT2D eigenvalue weighted by Crippen LogP contribution is 2.28. The van der Waals surface area contributed by atoms with Crippen LogP contribution in [-0.2, 0) is 10.0 Å². The average Bonchev–Trinajstić information content (AvgIpc) is 2.78. The largest absolute Gasteiger partial charge is 0.320 e. The molecule has 0 aromatic rings. The van der Waals surface area contributed by atoms with Gasteiger partial charge in [-0.3, -0.25) is 0 Å². The highest BCUT2D eigenvalue weighted by molar-refractivity contribution is 7.88. The molecule has 4 nitrogen and oxygen atoms in total. The number of nitrogens with zero attached hydrogens (tertiary/aromatic N) is 1. The maximum absolute atomic E-state index is 11.3. The van der Waals surface area contributed by atoms with Crippen molar-refractivity contribution in [3.63, 3.8) is 0 Å². The quantitative estimate of drug-likeness (QED) is 0.623. The second-order valence-corrected chi connectivity index (χ2v) is 5.50. The summed E-state index contributed by atoms with van der Waals surface area (Å²) in [6.07, 6.45) is 4.25. The number of sulfonamides is 1. The Hall–Kier alpha value is -0.130. The number of hydrogen-bond donors (Lipinski definition) is 1. The predicted octanol–water partition coefficient (Wildman–Crippen LogP) is 0.0199. The van der Waals surface area contributed by atoms with Gasteiger partial charge in [-0.1, -0.05) is 0 Å². The van der Waals surface area contributed by atoms with Crippen molar-refractivity contribution in [2.75, 3.05) is 26.4 Å². The Morgan fingerprint density at radius 2 is 2.08 bits per heavy atom. The number of nitrogens with one attached hydrogen (secondary N) is 1. The Bertz CT molecular complexity index is 247. The van der Waals surface area contributed by atoms with Crippen molar-refractivity contribution in [2.24, 2.45) is 0 Å². The van der Waals surface area contributed by atoms with E-state index in [9.17, 15) is 8.42 Å². The topological polar surface area (TPSA) is 49.4 Å². The molecule has 0 saturated heterocycles. The molecule has 1 fully saturated rings. The predicted molar refractivity (Wildman–Crippen MR) is 53.1 cm³/mol. The van der Waals surface area contributed by atoms with Gasteiger partial charge in [0.1, 0.15) is 0 Å². The number of rotatable bonds is 6. The molecule has 0 heterocycles. The summed E-state index contributed by atoms with van der Waals surface area (Å²) >= 11 is 0. The zero-order valence-electron chi connectivity index (χ0n) is 8.28. The SMILES string of the molecule is CNCCCN(C1CC1)S(C)(=O)=O. The van der Waals surface area contributed by atoms with Crippen LogP contribution in [0.5, 0.6) is 0 Å². The van der Waals surface area contributed by atoms with Gasteiger partial charge in [-0.2, -0.15) is 4.31 Å². The van der Waals surface area contributed by atoms with Crippen molar-refractivity contribution < 1.29 is 8.42 Å². The van der Waals surface area contributed by atoms with Crippen LogP contribution in [0.25, 0.3) is 0 Å². The van der Waals surface area contributed by atoms with E-state index in [0.717, 1.165) is 25.8 Å². The Balaban J connectivity index is 2.39. The van der Waals surface area contributed by atoms with Gasteiger partial charge in [-0.25, -0.2) is 8.42 Å². The first kappa shape index (κ1) is 10.9. The Morgan fingerprint density at radius 1 is 1.46 bits per heavy atom. The maximum Gasteiger partial charge on any atom is 0.211 e. The van der Waals surface area contributed by atoms with Crippen molar-refractivity contribution >= 4 is 10.0 Å². The van der Waals surface area contributed by atoms with Crippen LogP contribution in [0.2, 0.25) is 0 Å². The molecule has 0 unspecified atom stereocenters. The van der Waals surface area contributed by atoms with Crippen molar-refractivity contribution in [1.29, 1.82) is 0 Å². The Kier molecular flexibility index (Phi) is 3.70. The van der Waals surface area contributed by atoms with E-state index in [1.807, 2.05) is 7.05 Å². The highest BCUT2D eigenvalue weighted by atomic mass is 32.2. The molecular formula is C8H18N2O2S. The zero-order chi connectivity index (χ0) is 9.90. The summed E-state index contributed by atoms with van der Waals surface area (Å²) in [6.45, 7) is 1.53. The van der Waals surface area contributed by atoms with Gasteiger partial charge in [0.05, 0.1) is 6.26 Å². The first-order chi connectivity index (χ1) is 6.05. The average molecular weight is 206 g/mol. The molecule has 0 aliphatic heterocycles. The molecule has 0 spiro atoms. The van der Waals surface area contributed by atoms with Gasteiger partial charge in [0.15, 0.2) is 0 Å². The van der Waals surface area contributed by atoms with Crippen LogP contribution in [0.4, 0.5) is 0 Å². The summed E-state index contributed by atoms with van der Waals surface area (Å²) in [7, 11) is -1.10. The van der Waals surface area contributed by atoms with Crippen LogP contribution < -0.4 is 5.32 Å². The van der Waals surface area contributed by atoms with Gasteiger partial charge in [0.25, 0.3) is 0 Å². The molecule has 0 bridgehead atoms. The minimum Gasteiger partial charge on any atom is -0.320 e. The molecule has 1 aliphatic rings. The van der Waals surface area contributed by atoms with Crippen molar-refractivity contribution in [2.45, 2.75) is 25.3 Å². The second kappa shape index (κ2) is 4.39. The molecule has 1 N–H and O–H groups in total. The van der Waals surface area contributed by atoms with Gasteiger partial charge in [-0.15, -0.1) is 0 Å². The standard InChI is InChI=1S/C8H18N2O2S/c1-9-6-3-7-10(8-4-5-8)13(2,11)12/h8-9H,3-7H2,1-2H3. The van der Waals surface area contributed by atoms with Crippen molar-refractivity contribution in [3.8, 4) is 0 Å². The van der Waals surface area contributed by atoms with Gasteiger partial charge >= 0.3 is 0 Å². The van der Waals surface area contributed by atoms with E-state index in [4.69, 9.17) is 0 Å². The first-order valence-corrected chi connectivity index (χ1v) is 6.52. The van der Waals surface area contributed by atoms with Gasteiger partial charge < -0.3 is 5.32 Å². The Labute approximate surface area is 80.4 Å². The lowest BCUT2D eigenvalue weighted by Gasteiger charge is -2.18. The Morgan fingerprint density at radius 3 is 2.46 bits per heavy atom. The minimum absolute atomic E-state index is 0.298. The number of hydrogen-bond acceptors (Lipinski definition) is 3. The minimum atomic E-state index is -2.98. The van der Waals surface area contributed by atoms with Crippen molar-refractivity contribution in [3.05, 3.63) is 0 Å². The molecule has 5 heteroatoms. The van der Waals surface area contributed by atoms with Crippen LogP contribution in [0.3, 0.4) is 0 Å². The van der Waals surface area contributed by atoms with Crippen molar-refractivity contribution in [1.82, 2.24) is 9.62 Å². The lowest BCUT2D eigenvalue weighted by molar-refractivity contribution is 0.399. The van der Waals surface area contributed by atoms with Gasteiger partial charge in [0, 0.05) is 12.6 Å². The van der Waals surface area contributed by atoms with E-state index in [0.29, 0.717) is 12.6 Å². The van der Waals surface area contributed by atoms with Gasteiger partial charge in [0.2, 0.25) is 10.0 Å². The maximum atomic E-state index is 11.3. The van der Waals surface area contributed by atoms with Crippen LogP contribution >= 0.6 is 0 Å². The smallest absolute Gasteiger partial charge is 0.211 e. The fourth-order valence-electron chi connectivity index (χ4n) is 1.39. The second-order valence-electron chi connectivity index (χ2n) is 3.56. The van der Waals surface area contributed by atoms with E-state index < -0.39 is 10.0 Å². The zero-order valence-corrected chi connectivity index (χ0v) is 9.10. The summed E-state index contributed by atoms with van der Waals surface area (Å²) < 4.78 is 24.3. The lowest BCUT2D eigenvalue weighted by Crippen LogP contribution is -2.34. The summed E-state index contributed by atoms with van der Waals surface area (Å²) in [5, 5.41) is 3.01. The summed E-state index contributed by atoms with van der Waals surface area (Å²) in [5.74, 6) is 0. The third-order valence-electron chi connectivity index (χ3n) is 2.19. The molecule has 0 atom stereocenters. The first-order valence-electron chi connectivity index (χ1n) is 4.67. The lowest BCUT2D eigenvalue weighted by atomic mass is 10.4. The third kappa shape index (κ3) is 3.62. The van der Waals surface area contributed by atoms with E-state index >= 15 is 0 Å². The van der Waals surface area contributed by atoms with E-state index in [2.05, 4.69) is 5.32 Å². The molecule has 0 aromatic heterocycles. The molecule has 13 heavy (non-hydrogen) atoms. The fraction of sp³-hybridized carbons (Fsp3) is 1.00. The van der Waals surface area contributed by atoms with Crippen LogP contribution in [0.15, 0.2) is 0 Å². The van der Waals surface area contributed by atoms with E-state index in [1.54, 1.807) is 4.31 Å².